The van der Waals surface area contributed by atoms with Gasteiger partial charge < -0.3 is 5.11 Å². The standard InChI is InChI=1S/C14H12BrF2NO2S/c15-11-8-6-10(7-9-11)13(19)14(16,17)21(18,20)12-4-2-1-3-5-12/h1-9,13,18-19H/t13-,21+/m0/s1. The zero-order valence-corrected chi connectivity index (χ0v) is 13.1. The fraction of sp³-hybridized carbons (Fsp3) is 0.143. The van der Waals surface area contributed by atoms with Gasteiger partial charge >= 0.3 is 5.25 Å². The first kappa shape index (κ1) is 16.1. The SMILES string of the molecule is N=[S@@](=O)(c1ccccc1)C(F)(F)[C@@H](O)c1ccc(Br)cc1. The summed E-state index contributed by atoms with van der Waals surface area (Å²) in [6.45, 7) is 0. The third kappa shape index (κ3) is 3.00. The van der Waals surface area contributed by atoms with Gasteiger partial charge in [0.05, 0.1) is 4.90 Å². The first-order valence-electron chi connectivity index (χ1n) is 5.91. The minimum Gasteiger partial charge on any atom is -0.381 e. The molecule has 0 fully saturated rings. The van der Waals surface area contributed by atoms with E-state index in [4.69, 9.17) is 4.78 Å². The molecule has 0 aliphatic heterocycles. The number of nitrogens with one attached hydrogen (secondary N) is 1. The van der Waals surface area contributed by atoms with E-state index in [1.807, 2.05) is 0 Å². The number of halogens is 3. The Morgan fingerprint density at radius 2 is 1.62 bits per heavy atom. The summed E-state index contributed by atoms with van der Waals surface area (Å²) in [5, 5.41) is 5.76. The molecule has 0 heterocycles. The molecule has 0 saturated carbocycles. The lowest BCUT2D eigenvalue weighted by Crippen LogP contribution is -2.35. The van der Waals surface area contributed by atoms with Gasteiger partial charge in [-0.15, -0.1) is 0 Å². The van der Waals surface area contributed by atoms with Crippen molar-refractivity contribution in [2.45, 2.75) is 16.3 Å². The Balaban J connectivity index is 2.43. The van der Waals surface area contributed by atoms with Gasteiger partial charge in [0.25, 0.3) is 0 Å². The summed E-state index contributed by atoms with van der Waals surface area (Å²) in [5.41, 5.74) is -0.0980. The van der Waals surface area contributed by atoms with Gasteiger partial charge in [0.15, 0.2) is 6.10 Å². The molecule has 2 aromatic carbocycles. The molecule has 21 heavy (non-hydrogen) atoms. The fourth-order valence-electron chi connectivity index (χ4n) is 1.77. The smallest absolute Gasteiger partial charge is 0.361 e. The van der Waals surface area contributed by atoms with E-state index in [0.717, 1.165) is 0 Å². The van der Waals surface area contributed by atoms with Crippen LogP contribution in [0.25, 0.3) is 0 Å². The van der Waals surface area contributed by atoms with Crippen LogP contribution in [0.2, 0.25) is 0 Å². The van der Waals surface area contributed by atoms with Crippen LogP contribution in [0.4, 0.5) is 8.78 Å². The van der Waals surface area contributed by atoms with E-state index in [9.17, 15) is 18.1 Å². The topological polar surface area (TPSA) is 61.2 Å². The van der Waals surface area contributed by atoms with Crippen molar-refractivity contribution in [1.82, 2.24) is 0 Å². The van der Waals surface area contributed by atoms with Crippen LogP contribution in [0.3, 0.4) is 0 Å². The van der Waals surface area contributed by atoms with Crippen LogP contribution in [0.1, 0.15) is 11.7 Å². The third-order valence-electron chi connectivity index (χ3n) is 2.96. The van der Waals surface area contributed by atoms with E-state index >= 15 is 0 Å². The molecule has 7 heteroatoms. The molecule has 0 aliphatic carbocycles. The molecule has 0 amide bonds. The first-order valence-corrected chi connectivity index (χ1v) is 8.26. The molecule has 0 saturated heterocycles. The van der Waals surface area contributed by atoms with Crippen molar-refractivity contribution in [3.63, 3.8) is 0 Å². The van der Waals surface area contributed by atoms with E-state index < -0.39 is 21.1 Å². The molecular formula is C14H12BrF2NO2S. The van der Waals surface area contributed by atoms with Crippen molar-refractivity contribution < 1.29 is 18.1 Å². The van der Waals surface area contributed by atoms with Crippen LogP contribution in [-0.4, -0.2) is 14.6 Å². The molecule has 112 valence electrons. The molecule has 2 N–H and O–H groups in total. The van der Waals surface area contributed by atoms with E-state index in [2.05, 4.69) is 15.9 Å². The second-order valence-corrected chi connectivity index (χ2v) is 7.43. The summed E-state index contributed by atoms with van der Waals surface area (Å²) < 4.78 is 49.2. The second-order valence-electron chi connectivity index (χ2n) is 4.39. The van der Waals surface area contributed by atoms with Gasteiger partial charge in [0.1, 0.15) is 9.73 Å². The lowest BCUT2D eigenvalue weighted by molar-refractivity contribution is -0.0413. The molecule has 2 rings (SSSR count). The molecule has 0 spiro atoms. The van der Waals surface area contributed by atoms with Gasteiger partial charge in [-0.05, 0) is 29.8 Å². The van der Waals surface area contributed by atoms with Gasteiger partial charge in [-0.1, -0.05) is 46.3 Å². The normalized spacial score (nSPS) is 16.2. The van der Waals surface area contributed by atoms with Crippen LogP contribution in [0.5, 0.6) is 0 Å². The molecule has 0 radical (unpaired) electrons. The maximum absolute atomic E-state index is 14.3. The zero-order chi connectivity index (χ0) is 15.7. The van der Waals surface area contributed by atoms with Crippen molar-refractivity contribution in [2.24, 2.45) is 0 Å². The predicted molar refractivity (Wildman–Crippen MR) is 79.6 cm³/mol. The fourth-order valence-corrected chi connectivity index (χ4v) is 3.34. The molecule has 3 nitrogen and oxygen atoms in total. The highest BCUT2D eigenvalue weighted by Gasteiger charge is 2.50. The van der Waals surface area contributed by atoms with Gasteiger partial charge in [-0.3, -0.25) is 0 Å². The predicted octanol–water partition coefficient (Wildman–Crippen LogP) is 4.18. The molecular weight excluding hydrogens is 364 g/mol. The Bertz CT molecular complexity index is 718. The van der Waals surface area contributed by atoms with Crippen molar-refractivity contribution in [3.05, 3.63) is 64.6 Å². The summed E-state index contributed by atoms with van der Waals surface area (Å²) in [4.78, 5) is -0.314. The summed E-state index contributed by atoms with van der Waals surface area (Å²) >= 11 is 3.16. The van der Waals surface area contributed by atoms with Crippen LogP contribution < -0.4 is 0 Å². The molecule has 0 unspecified atom stereocenters. The highest BCUT2D eigenvalue weighted by molar-refractivity contribution is 9.10. The van der Waals surface area contributed by atoms with Crippen molar-refractivity contribution >= 4 is 25.7 Å². The number of hydrogen-bond acceptors (Lipinski definition) is 3. The Hall–Kier alpha value is -1.31. The van der Waals surface area contributed by atoms with E-state index in [1.54, 1.807) is 6.07 Å². The first-order chi connectivity index (χ1) is 9.76. The molecule has 2 aromatic rings. The Morgan fingerprint density at radius 3 is 2.14 bits per heavy atom. The Labute approximate surface area is 129 Å². The highest BCUT2D eigenvalue weighted by Crippen LogP contribution is 2.40. The maximum Gasteiger partial charge on any atom is 0.361 e. The average Bonchev–Trinajstić information content (AvgIpc) is 2.48. The minimum atomic E-state index is -4.49. The monoisotopic (exact) mass is 375 g/mol. The minimum absolute atomic E-state index is 0.0980. The van der Waals surface area contributed by atoms with Crippen molar-refractivity contribution in [3.8, 4) is 0 Å². The lowest BCUT2D eigenvalue weighted by atomic mass is 10.1. The quantitative estimate of drug-likeness (QED) is 0.841. The van der Waals surface area contributed by atoms with E-state index in [0.29, 0.717) is 4.47 Å². The molecule has 0 aliphatic rings. The van der Waals surface area contributed by atoms with Gasteiger partial charge in [-0.2, -0.15) is 8.78 Å². The average molecular weight is 376 g/mol. The molecule has 0 aromatic heterocycles. The number of hydrogen-bond donors (Lipinski definition) is 2. The summed E-state index contributed by atoms with van der Waals surface area (Å²) in [5.74, 6) is 0. The highest BCUT2D eigenvalue weighted by atomic mass is 79.9. The number of benzene rings is 2. The summed E-state index contributed by atoms with van der Waals surface area (Å²) in [6.07, 6.45) is -2.32. The van der Waals surface area contributed by atoms with Gasteiger partial charge in [0.2, 0.25) is 0 Å². The van der Waals surface area contributed by atoms with Crippen LogP contribution in [0.15, 0.2) is 64.0 Å². The molecule has 0 bridgehead atoms. The molecule has 2 atom stereocenters. The summed E-state index contributed by atoms with van der Waals surface area (Å²) in [6, 6.07) is 12.4. The Kier molecular flexibility index (Phi) is 4.46. The summed E-state index contributed by atoms with van der Waals surface area (Å²) in [7, 11) is -4.49. The van der Waals surface area contributed by atoms with Crippen LogP contribution >= 0.6 is 15.9 Å². The number of aliphatic hydroxyl groups excluding tert-OH is 1. The van der Waals surface area contributed by atoms with Crippen LogP contribution in [0, 0.1) is 4.78 Å². The number of rotatable bonds is 4. The largest absolute Gasteiger partial charge is 0.381 e. The zero-order valence-electron chi connectivity index (χ0n) is 10.7. The third-order valence-corrected chi connectivity index (χ3v) is 5.42. The van der Waals surface area contributed by atoms with Crippen molar-refractivity contribution in [1.29, 1.82) is 4.78 Å². The van der Waals surface area contributed by atoms with E-state index in [-0.39, 0.29) is 10.5 Å². The number of alkyl halides is 2. The van der Waals surface area contributed by atoms with Crippen molar-refractivity contribution in [2.75, 3.05) is 0 Å². The maximum atomic E-state index is 14.3. The second kappa shape index (κ2) is 5.82. The number of aliphatic hydroxyl groups is 1. The Morgan fingerprint density at radius 1 is 1.10 bits per heavy atom. The van der Waals surface area contributed by atoms with Gasteiger partial charge in [-0.25, -0.2) is 8.99 Å². The van der Waals surface area contributed by atoms with Gasteiger partial charge in [0, 0.05) is 4.47 Å². The van der Waals surface area contributed by atoms with E-state index in [1.165, 1.54) is 48.5 Å². The lowest BCUT2D eigenvalue weighted by Gasteiger charge is -2.25. The van der Waals surface area contributed by atoms with Crippen LogP contribution in [-0.2, 0) is 9.73 Å².